The zero-order valence-electron chi connectivity index (χ0n) is 13.6. The molecule has 124 valence electrons. The summed E-state index contributed by atoms with van der Waals surface area (Å²) < 4.78 is 1.06. The summed E-state index contributed by atoms with van der Waals surface area (Å²) in [5.74, 6) is 0.160. The van der Waals surface area contributed by atoms with Crippen LogP contribution < -0.4 is 0 Å². The van der Waals surface area contributed by atoms with Gasteiger partial charge >= 0.3 is 0 Å². The highest BCUT2D eigenvalue weighted by Gasteiger charge is 2.29. The predicted molar refractivity (Wildman–Crippen MR) is 98.2 cm³/mol. The third-order valence-corrected chi connectivity index (χ3v) is 5.39. The third kappa shape index (κ3) is 4.67. The monoisotopic (exact) mass is 376 g/mol. The minimum absolute atomic E-state index is 0.160. The molecule has 3 nitrogen and oxygen atoms in total. The van der Waals surface area contributed by atoms with Gasteiger partial charge in [0.15, 0.2) is 0 Å². The number of amides is 1. The molecule has 0 aromatic heterocycles. The van der Waals surface area contributed by atoms with Crippen molar-refractivity contribution in [2.45, 2.75) is 38.1 Å². The average molecular weight is 377 g/mol. The van der Waals surface area contributed by atoms with Crippen LogP contribution in [0.3, 0.4) is 0 Å². The molecule has 0 N–H and O–H groups in total. The van der Waals surface area contributed by atoms with Gasteiger partial charge in [-0.05, 0) is 62.5 Å². The second-order valence-electron chi connectivity index (χ2n) is 6.57. The van der Waals surface area contributed by atoms with E-state index in [0.29, 0.717) is 6.04 Å². The highest BCUT2D eigenvalue weighted by molar-refractivity contribution is 9.10. The second-order valence-corrected chi connectivity index (χ2v) is 7.49. The SMILES string of the molecule is O=C(C=Cc1ccc(Br)cc1)N1CCCC1CN1CCCCC1. The van der Waals surface area contributed by atoms with Crippen molar-refractivity contribution in [3.8, 4) is 0 Å². The van der Waals surface area contributed by atoms with E-state index >= 15 is 0 Å². The van der Waals surface area contributed by atoms with E-state index in [1.807, 2.05) is 30.3 Å². The lowest BCUT2D eigenvalue weighted by molar-refractivity contribution is -0.127. The van der Waals surface area contributed by atoms with Crippen molar-refractivity contribution in [2.75, 3.05) is 26.2 Å². The number of nitrogens with zero attached hydrogens (tertiary/aromatic N) is 2. The fourth-order valence-corrected chi connectivity index (χ4v) is 3.86. The summed E-state index contributed by atoms with van der Waals surface area (Å²) in [4.78, 5) is 17.2. The lowest BCUT2D eigenvalue weighted by Gasteiger charge is -2.32. The fraction of sp³-hybridized carbons (Fsp3) is 0.526. The van der Waals surface area contributed by atoms with Gasteiger partial charge in [0.1, 0.15) is 0 Å². The highest BCUT2D eigenvalue weighted by atomic mass is 79.9. The third-order valence-electron chi connectivity index (χ3n) is 4.87. The maximum absolute atomic E-state index is 12.5. The number of hydrogen-bond donors (Lipinski definition) is 0. The highest BCUT2D eigenvalue weighted by Crippen LogP contribution is 2.21. The standard InChI is InChI=1S/C19H25BrN2O/c20-17-9-6-16(7-10-17)8-11-19(23)22-14-4-5-18(22)15-21-12-2-1-3-13-21/h6-11,18H,1-5,12-15H2. The zero-order chi connectivity index (χ0) is 16.1. The van der Waals surface area contributed by atoms with E-state index in [0.717, 1.165) is 36.0 Å². The molecule has 1 atom stereocenters. The molecular formula is C19H25BrN2O. The van der Waals surface area contributed by atoms with Gasteiger partial charge < -0.3 is 9.80 Å². The van der Waals surface area contributed by atoms with Crippen LogP contribution in [0.1, 0.15) is 37.7 Å². The molecule has 1 unspecified atom stereocenters. The Kier molecular flexibility index (Phi) is 5.90. The Morgan fingerprint density at radius 3 is 2.57 bits per heavy atom. The summed E-state index contributed by atoms with van der Waals surface area (Å²) >= 11 is 3.43. The number of piperidine rings is 1. The summed E-state index contributed by atoms with van der Waals surface area (Å²) in [6, 6.07) is 8.43. The molecule has 0 aliphatic carbocycles. The Morgan fingerprint density at radius 1 is 1.09 bits per heavy atom. The molecule has 2 aliphatic rings. The number of hydrogen-bond acceptors (Lipinski definition) is 2. The summed E-state index contributed by atoms with van der Waals surface area (Å²) in [5, 5.41) is 0. The summed E-state index contributed by atoms with van der Waals surface area (Å²) in [7, 11) is 0. The summed E-state index contributed by atoms with van der Waals surface area (Å²) in [5.41, 5.74) is 1.06. The van der Waals surface area contributed by atoms with Crippen LogP contribution in [0.5, 0.6) is 0 Å². The van der Waals surface area contributed by atoms with Crippen molar-refractivity contribution in [1.29, 1.82) is 0 Å². The number of carbonyl (C=O) groups excluding carboxylic acids is 1. The number of carbonyl (C=O) groups is 1. The van der Waals surface area contributed by atoms with E-state index in [1.54, 1.807) is 6.08 Å². The molecular weight excluding hydrogens is 352 g/mol. The first-order valence-electron chi connectivity index (χ1n) is 8.69. The van der Waals surface area contributed by atoms with Crippen LogP contribution in [-0.4, -0.2) is 47.9 Å². The molecule has 0 spiro atoms. The van der Waals surface area contributed by atoms with Gasteiger partial charge in [0.2, 0.25) is 5.91 Å². The minimum atomic E-state index is 0.160. The van der Waals surface area contributed by atoms with E-state index in [2.05, 4.69) is 25.7 Å². The number of rotatable bonds is 4. The van der Waals surface area contributed by atoms with Crippen molar-refractivity contribution in [3.63, 3.8) is 0 Å². The molecule has 1 amide bonds. The van der Waals surface area contributed by atoms with Gasteiger partial charge in [-0.15, -0.1) is 0 Å². The lowest BCUT2D eigenvalue weighted by Crippen LogP contribution is -2.44. The molecule has 2 saturated heterocycles. The lowest BCUT2D eigenvalue weighted by atomic mass is 10.1. The van der Waals surface area contributed by atoms with Crippen molar-refractivity contribution in [1.82, 2.24) is 9.80 Å². The van der Waals surface area contributed by atoms with Gasteiger partial charge in [0.25, 0.3) is 0 Å². The van der Waals surface area contributed by atoms with Crippen molar-refractivity contribution in [2.24, 2.45) is 0 Å². The second kappa shape index (κ2) is 8.11. The molecule has 0 saturated carbocycles. The van der Waals surface area contributed by atoms with E-state index < -0.39 is 0 Å². The average Bonchev–Trinajstić information content (AvgIpc) is 3.03. The number of benzene rings is 1. The van der Waals surface area contributed by atoms with Crippen molar-refractivity contribution < 1.29 is 4.79 Å². The first-order chi connectivity index (χ1) is 11.2. The molecule has 1 aromatic carbocycles. The number of likely N-dealkylation sites (tertiary alicyclic amines) is 2. The van der Waals surface area contributed by atoms with Gasteiger partial charge in [0.05, 0.1) is 0 Å². The Labute approximate surface area is 147 Å². The molecule has 23 heavy (non-hydrogen) atoms. The minimum Gasteiger partial charge on any atom is -0.335 e. The Hall–Kier alpha value is -1.13. The predicted octanol–water partition coefficient (Wildman–Crippen LogP) is 3.94. The first-order valence-corrected chi connectivity index (χ1v) is 9.48. The molecule has 2 heterocycles. The van der Waals surface area contributed by atoms with Crippen LogP contribution in [0.4, 0.5) is 0 Å². The van der Waals surface area contributed by atoms with Crippen LogP contribution in [0.25, 0.3) is 6.08 Å². The Bertz CT molecular complexity index is 549. The maximum atomic E-state index is 12.5. The van der Waals surface area contributed by atoms with E-state index in [-0.39, 0.29) is 5.91 Å². The normalized spacial score (nSPS) is 22.8. The summed E-state index contributed by atoms with van der Waals surface area (Å²) in [6.07, 6.45) is 9.92. The van der Waals surface area contributed by atoms with Crippen molar-refractivity contribution >= 4 is 27.9 Å². The van der Waals surface area contributed by atoms with Crippen LogP contribution in [-0.2, 0) is 4.79 Å². The van der Waals surface area contributed by atoms with Gasteiger partial charge in [-0.25, -0.2) is 0 Å². The molecule has 0 bridgehead atoms. The van der Waals surface area contributed by atoms with E-state index in [1.165, 1.54) is 32.4 Å². The van der Waals surface area contributed by atoms with Crippen LogP contribution in [0.2, 0.25) is 0 Å². The number of halogens is 1. The molecule has 0 radical (unpaired) electrons. The molecule has 1 aromatic rings. The molecule has 2 aliphatic heterocycles. The topological polar surface area (TPSA) is 23.6 Å². The molecule has 4 heteroatoms. The van der Waals surface area contributed by atoms with Gasteiger partial charge in [0, 0.05) is 29.7 Å². The quantitative estimate of drug-likeness (QED) is 0.742. The van der Waals surface area contributed by atoms with Crippen molar-refractivity contribution in [3.05, 3.63) is 40.4 Å². The van der Waals surface area contributed by atoms with Gasteiger partial charge in [-0.3, -0.25) is 4.79 Å². The summed E-state index contributed by atoms with van der Waals surface area (Å²) in [6.45, 7) is 4.36. The van der Waals surface area contributed by atoms with Crippen LogP contribution in [0, 0.1) is 0 Å². The molecule has 3 rings (SSSR count). The van der Waals surface area contributed by atoms with Crippen LogP contribution in [0.15, 0.2) is 34.8 Å². The maximum Gasteiger partial charge on any atom is 0.246 e. The molecule has 2 fully saturated rings. The van der Waals surface area contributed by atoms with Gasteiger partial charge in [-0.2, -0.15) is 0 Å². The largest absolute Gasteiger partial charge is 0.335 e. The first kappa shape index (κ1) is 16.7. The fourth-order valence-electron chi connectivity index (χ4n) is 3.59. The smallest absolute Gasteiger partial charge is 0.246 e. The van der Waals surface area contributed by atoms with E-state index in [9.17, 15) is 4.79 Å². The zero-order valence-corrected chi connectivity index (χ0v) is 15.2. The Morgan fingerprint density at radius 2 is 1.83 bits per heavy atom. The van der Waals surface area contributed by atoms with Crippen LogP contribution >= 0.6 is 15.9 Å². The Balaban J connectivity index is 1.57. The van der Waals surface area contributed by atoms with Gasteiger partial charge in [-0.1, -0.05) is 34.5 Å². The van der Waals surface area contributed by atoms with E-state index in [4.69, 9.17) is 0 Å².